The number of carbonyl (C=O) groups excluding carboxylic acids is 3. The molecular weight excluding hydrogens is 927 g/mol. The van der Waals surface area contributed by atoms with Crippen LogP contribution in [0.3, 0.4) is 0 Å². The molecule has 0 saturated carbocycles. The van der Waals surface area contributed by atoms with Crippen LogP contribution in [0.1, 0.15) is 92.9 Å². The smallest absolute Gasteiger partial charge is 0.308 e. The molecule has 2 bridgehead atoms. The molecule has 3 rings (SSSR count). The summed E-state index contributed by atoms with van der Waals surface area (Å²) in [6.07, 6.45) is 3.39. The standard InChI is InChI=1S/C51H81N3O17/c1-29(2)48(65)53-54-49(66)43-40(60)28-51(67)27-36(57)24-39(59)38(58)22-21-34(55)23-35(56)25-42(61)68-32(5)31(4)45(62)30(3)19-17-15-13-11-9-7-8-10-12-14-16-18-20-37(26-41(43)71-51)70-50-47(64)44(52)46(63)33(6)69-50/h7-20,29-41,43-47,50,55-60,62-64,67H,21-28,52H2,1-6H3,(H,53,65)(H,54,66)/b8-7+,11-9+,12-10+,15-13+,16-14+,19-17+,20-18+/t30-,31-,32-,33+,34+,35+,36-,37-,38+,39+,40-,41-,43+,44-,45+,46+,47-,50-,51+/m0/s1. The summed E-state index contributed by atoms with van der Waals surface area (Å²) in [6.45, 7) is 9.94. The first kappa shape index (κ1) is 61.3. The van der Waals surface area contributed by atoms with Crippen LogP contribution >= 0.6 is 0 Å². The molecule has 3 aliphatic rings. The van der Waals surface area contributed by atoms with Crippen molar-refractivity contribution in [2.24, 2.45) is 29.4 Å². The van der Waals surface area contributed by atoms with Gasteiger partial charge in [-0.05, 0) is 33.1 Å². The van der Waals surface area contributed by atoms with E-state index in [1.54, 1.807) is 88.5 Å². The van der Waals surface area contributed by atoms with Gasteiger partial charge in [-0.3, -0.25) is 25.2 Å². The number of hydrogen-bond donors (Lipinski definition) is 13. The van der Waals surface area contributed by atoms with Crippen LogP contribution in [0.15, 0.2) is 85.1 Å². The minimum atomic E-state index is -2.35. The number of fused-ring (bicyclic) bond motifs is 2. The summed E-state index contributed by atoms with van der Waals surface area (Å²) in [5.41, 5.74) is 10.7. The van der Waals surface area contributed by atoms with E-state index in [0.717, 1.165) is 0 Å². The van der Waals surface area contributed by atoms with Crippen LogP contribution in [0.4, 0.5) is 0 Å². The van der Waals surface area contributed by atoms with Crippen LogP contribution in [0.25, 0.3) is 0 Å². The zero-order valence-electron chi connectivity index (χ0n) is 41.6. The fourth-order valence-electron chi connectivity index (χ4n) is 8.34. The van der Waals surface area contributed by atoms with Crippen molar-refractivity contribution >= 4 is 17.8 Å². The van der Waals surface area contributed by atoms with E-state index in [1.165, 1.54) is 13.0 Å². The molecule has 0 spiro atoms. The molecule has 20 nitrogen and oxygen atoms in total. The van der Waals surface area contributed by atoms with Gasteiger partial charge in [0, 0.05) is 43.4 Å². The highest BCUT2D eigenvalue weighted by atomic mass is 16.7. The van der Waals surface area contributed by atoms with E-state index in [1.807, 2.05) is 25.2 Å². The molecule has 2 saturated heterocycles. The Bertz CT molecular complexity index is 1860. The van der Waals surface area contributed by atoms with Gasteiger partial charge >= 0.3 is 5.97 Å². The number of aliphatic hydroxyl groups excluding tert-OH is 9. The van der Waals surface area contributed by atoms with Gasteiger partial charge in [-0.25, -0.2) is 0 Å². The summed E-state index contributed by atoms with van der Waals surface area (Å²) in [6, 6.07) is -1.17. The van der Waals surface area contributed by atoms with Crippen molar-refractivity contribution in [1.82, 2.24) is 10.9 Å². The number of ether oxygens (including phenoxy) is 4. The summed E-state index contributed by atoms with van der Waals surface area (Å²) >= 11 is 0. The number of amides is 2. The maximum Gasteiger partial charge on any atom is 0.308 e. The van der Waals surface area contributed by atoms with E-state index < -0.39 is 159 Å². The van der Waals surface area contributed by atoms with Crippen molar-refractivity contribution in [2.45, 2.75) is 190 Å². The lowest BCUT2D eigenvalue weighted by atomic mass is 9.82. The maximum absolute atomic E-state index is 13.7. The van der Waals surface area contributed by atoms with E-state index in [-0.39, 0.29) is 31.6 Å². The van der Waals surface area contributed by atoms with Crippen molar-refractivity contribution in [3.63, 3.8) is 0 Å². The first-order valence-electron chi connectivity index (χ1n) is 24.5. The molecule has 2 fully saturated rings. The van der Waals surface area contributed by atoms with E-state index >= 15 is 0 Å². The fourth-order valence-corrected chi connectivity index (χ4v) is 8.34. The molecule has 0 aliphatic carbocycles. The Kier molecular flexibility index (Phi) is 26.2. The first-order valence-corrected chi connectivity index (χ1v) is 24.5. The van der Waals surface area contributed by atoms with Gasteiger partial charge in [-0.2, -0.15) is 0 Å². The second-order valence-electron chi connectivity index (χ2n) is 19.4. The third kappa shape index (κ3) is 20.8. The highest BCUT2D eigenvalue weighted by molar-refractivity contribution is 5.84. The van der Waals surface area contributed by atoms with Gasteiger partial charge < -0.3 is 75.7 Å². The van der Waals surface area contributed by atoms with Crippen LogP contribution in [0.5, 0.6) is 0 Å². The Morgan fingerprint density at radius 1 is 0.676 bits per heavy atom. The third-order valence-corrected chi connectivity index (χ3v) is 12.9. The van der Waals surface area contributed by atoms with E-state index in [9.17, 15) is 65.4 Å². The number of esters is 1. The van der Waals surface area contributed by atoms with Crippen LogP contribution in [-0.2, 0) is 33.3 Å². The molecule has 0 radical (unpaired) electrons. The van der Waals surface area contributed by atoms with Crippen LogP contribution < -0.4 is 16.6 Å². The molecule has 14 N–H and O–H groups in total. The highest BCUT2D eigenvalue weighted by Crippen LogP contribution is 2.38. The van der Waals surface area contributed by atoms with E-state index in [2.05, 4.69) is 10.9 Å². The SMILES string of the molecule is CC(C)C(=O)NNC(=O)[C@H]1[C@@H]2C[C@@H](O[C@@H]3O[C@H](C)[C@@H](O)[C@H](N)[C@@H]3O)/C=C/C=C/C=C/C=C/C=C/C=C/C=C/[C@H](C)[C@@H](O)[C@@H](C)[C@H](C)OC(=O)C[C@H](O)C[C@H](O)CC[C@@H](O)[C@H](O)C[C@H](O)C[C@](O)(C[C@@H]1O)O2. The normalized spacial score (nSPS) is 42.6. The van der Waals surface area contributed by atoms with Gasteiger partial charge in [0.25, 0.3) is 0 Å². The Morgan fingerprint density at radius 3 is 1.85 bits per heavy atom. The van der Waals surface area contributed by atoms with Crippen molar-refractivity contribution in [2.75, 3.05) is 0 Å². The highest BCUT2D eigenvalue weighted by Gasteiger charge is 2.51. The number of allylic oxidation sites excluding steroid dienone is 12. The van der Waals surface area contributed by atoms with E-state index in [0.29, 0.717) is 0 Å². The Labute approximate surface area is 416 Å². The fraction of sp³-hybridized carbons (Fsp3) is 0.667. The predicted molar refractivity (Wildman–Crippen MR) is 260 cm³/mol. The molecule has 0 aromatic rings. The molecule has 71 heavy (non-hydrogen) atoms. The number of carbonyl (C=O) groups is 3. The molecular formula is C51H81N3O17. The Morgan fingerprint density at radius 2 is 1.25 bits per heavy atom. The van der Waals surface area contributed by atoms with Crippen molar-refractivity contribution < 1.29 is 84.4 Å². The number of nitrogens with one attached hydrogen (secondary N) is 2. The zero-order chi connectivity index (χ0) is 53.0. The monoisotopic (exact) mass is 1010 g/mol. The Hall–Kier alpha value is -3.97. The Balaban J connectivity index is 1.94. The van der Waals surface area contributed by atoms with Crippen LogP contribution in [0.2, 0.25) is 0 Å². The van der Waals surface area contributed by atoms with E-state index in [4.69, 9.17) is 24.7 Å². The number of cyclic esters (lactones) is 1. The van der Waals surface area contributed by atoms with Crippen molar-refractivity contribution in [1.29, 1.82) is 0 Å². The average molecular weight is 1010 g/mol. The number of hydrogen-bond acceptors (Lipinski definition) is 18. The third-order valence-electron chi connectivity index (χ3n) is 12.9. The molecule has 3 heterocycles. The number of nitrogens with two attached hydrogens (primary N) is 1. The van der Waals surface area contributed by atoms with Gasteiger partial charge in [0.15, 0.2) is 12.1 Å². The largest absolute Gasteiger partial charge is 0.462 e. The van der Waals surface area contributed by atoms with Crippen LogP contribution in [-0.4, -0.2) is 166 Å². The van der Waals surface area contributed by atoms with Crippen LogP contribution in [0, 0.1) is 23.7 Å². The lowest BCUT2D eigenvalue weighted by Gasteiger charge is -2.46. The average Bonchev–Trinajstić information content (AvgIpc) is 3.29. The molecule has 20 heteroatoms. The lowest BCUT2D eigenvalue weighted by Crippen LogP contribution is -2.62. The second kappa shape index (κ2) is 30.3. The van der Waals surface area contributed by atoms with Gasteiger partial charge in [-0.15, -0.1) is 0 Å². The predicted octanol–water partition coefficient (Wildman–Crippen LogP) is 0.431. The summed E-state index contributed by atoms with van der Waals surface area (Å²) in [5.74, 6) is -7.24. The van der Waals surface area contributed by atoms with Crippen molar-refractivity contribution in [3.8, 4) is 0 Å². The summed E-state index contributed by atoms with van der Waals surface area (Å²) in [7, 11) is 0. The summed E-state index contributed by atoms with van der Waals surface area (Å²) in [5, 5.41) is 110. The molecule has 19 atom stereocenters. The van der Waals surface area contributed by atoms with Gasteiger partial charge in [0.05, 0.1) is 85.5 Å². The topological polar surface area (TPSA) is 341 Å². The number of aliphatic hydroxyl groups is 10. The quantitative estimate of drug-likeness (QED) is 0.134. The van der Waals surface area contributed by atoms with Crippen molar-refractivity contribution in [3.05, 3.63) is 85.1 Å². The molecule has 0 aromatic carbocycles. The summed E-state index contributed by atoms with van der Waals surface area (Å²) in [4.78, 5) is 38.8. The zero-order valence-corrected chi connectivity index (χ0v) is 41.6. The maximum atomic E-state index is 13.7. The summed E-state index contributed by atoms with van der Waals surface area (Å²) < 4.78 is 23.6. The minimum Gasteiger partial charge on any atom is -0.462 e. The minimum absolute atomic E-state index is 0.117. The molecule has 0 unspecified atom stereocenters. The number of hydrazine groups is 1. The van der Waals surface area contributed by atoms with Gasteiger partial charge in [0.2, 0.25) is 11.8 Å². The lowest BCUT2D eigenvalue weighted by molar-refractivity contribution is -0.307. The number of rotatable bonds is 4. The second-order valence-corrected chi connectivity index (χ2v) is 19.4. The first-order chi connectivity index (χ1) is 33.4. The molecule has 402 valence electrons. The molecule has 3 aliphatic heterocycles. The van der Waals surface area contributed by atoms with Gasteiger partial charge in [0.1, 0.15) is 12.2 Å². The van der Waals surface area contributed by atoms with Gasteiger partial charge in [-0.1, -0.05) is 113 Å². The molecule has 2 amide bonds. The molecule has 0 aromatic heterocycles.